The second-order valence-electron chi connectivity index (χ2n) is 2.70. The van der Waals surface area contributed by atoms with Gasteiger partial charge in [0.05, 0.1) is 18.5 Å². The summed E-state index contributed by atoms with van der Waals surface area (Å²) in [7, 11) is 0. The van der Waals surface area contributed by atoms with E-state index < -0.39 is 5.97 Å². The summed E-state index contributed by atoms with van der Waals surface area (Å²) in [6.45, 7) is 1.95. The molecule has 1 atom stereocenters. The summed E-state index contributed by atoms with van der Waals surface area (Å²) in [6.07, 6.45) is 1.59. The van der Waals surface area contributed by atoms with Crippen LogP contribution in [0.1, 0.15) is 18.5 Å². The monoisotopic (exact) mass is 185 g/mol. The van der Waals surface area contributed by atoms with Crippen molar-refractivity contribution in [2.45, 2.75) is 12.8 Å². The van der Waals surface area contributed by atoms with Crippen LogP contribution in [0.5, 0.6) is 0 Å². The first-order valence-corrected chi connectivity index (χ1v) is 3.85. The molecule has 0 aliphatic heterocycles. The highest BCUT2D eigenvalue weighted by Gasteiger charge is 2.08. The molecule has 6 nitrogen and oxygen atoms in total. The van der Waals surface area contributed by atoms with Gasteiger partial charge in [-0.25, -0.2) is 4.79 Å². The number of nitrogens with one attached hydrogen (secondary N) is 1. The number of aromatic nitrogens is 3. The Morgan fingerprint density at radius 3 is 3.15 bits per heavy atom. The zero-order valence-corrected chi connectivity index (χ0v) is 7.23. The van der Waals surface area contributed by atoms with Crippen LogP contribution in [0.4, 0.5) is 0 Å². The highest BCUT2D eigenvalue weighted by atomic mass is 16.5. The average Bonchev–Trinajstić information content (AvgIpc) is 2.55. The number of carbonyl (C=O) groups is 1. The molecule has 0 amide bonds. The van der Waals surface area contributed by atoms with Crippen molar-refractivity contribution in [3.05, 3.63) is 11.9 Å². The number of ether oxygens (including phenoxy) is 1. The fourth-order valence-corrected chi connectivity index (χ4v) is 0.856. The van der Waals surface area contributed by atoms with E-state index >= 15 is 0 Å². The van der Waals surface area contributed by atoms with E-state index in [4.69, 9.17) is 9.84 Å². The average molecular weight is 185 g/mol. The molecule has 0 saturated heterocycles. The molecule has 0 spiro atoms. The van der Waals surface area contributed by atoms with Crippen molar-refractivity contribution in [2.75, 3.05) is 13.2 Å². The number of carboxylic acid groups (broad SMARTS) is 1. The Balaban J connectivity index is 2.26. The Labute approximate surface area is 74.9 Å². The molecular formula is C7H11N3O3. The molecule has 1 heterocycles. The molecule has 1 aromatic heterocycles. The second-order valence-corrected chi connectivity index (χ2v) is 2.70. The maximum absolute atomic E-state index is 10.1. The lowest BCUT2D eigenvalue weighted by Gasteiger charge is -2.06. The Kier molecular flexibility index (Phi) is 3.39. The van der Waals surface area contributed by atoms with Crippen molar-refractivity contribution in [1.82, 2.24) is 15.4 Å². The molecule has 0 aliphatic carbocycles. The summed E-state index contributed by atoms with van der Waals surface area (Å²) in [5, 5.41) is 18.3. The van der Waals surface area contributed by atoms with Gasteiger partial charge in [0.15, 0.2) is 0 Å². The second kappa shape index (κ2) is 4.56. The minimum absolute atomic E-state index is 0.0538. The molecule has 0 bridgehead atoms. The van der Waals surface area contributed by atoms with E-state index in [0.29, 0.717) is 6.61 Å². The van der Waals surface area contributed by atoms with Crippen LogP contribution in [-0.4, -0.2) is 39.7 Å². The largest absolute Gasteiger partial charge is 0.480 e. The molecular weight excluding hydrogens is 174 g/mol. The number of hydrogen-bond acceptors (Lipinski definition) is 4. The SMILES string of the molecule is CC(COCC(=O)O)c1cn[nH]n1. The lowest BCUT2D eigenvalue weighted by atomic mass is 10.1. The van der Waals surface area contributed by atoms with E-state index in [-0.39, 0.29) is 12.5 Å². The predicted molar refractivity (Wildman–Crippen MR) is 43.3 cm³/mol. The minimum Gasteiger partial charge on any atom is -0.480 e. The van der Waals surface area contributed by atoms with Crippen LogP contribution in [0, 0.1) is 0 Å². The van der Waals surface area contributed by atoms with Crippen molar-refractivity contribution < 1.29 is 14.6 Å². The van der Waals surface area contributed by atoms with Gasteiger partial charge in [-0.2, -0.15) is 15.4 Å². The zero-order valence-electron chi connectivity index (χ0n) is 7.23. The number of carboxylic acids is 1. The summed E-state index contributed by atoms with van der Waals surface area (Å²) in [4.78, 5) is 10.1. The molecule has 0 aliphatic rings. The highest BCUT2D eigenvalue weighted by Crippen LogP contribution is 2.09. The molecule has 72 valence electrons. The normalized spacial score (nSPS) is 12.7. The number of H-pyrrole nitrogens is 1. The van der Waals surface area contributed by atoms with Crippen molar-refractivity contribution in [1.29, 1.82) is 0 Å². The lowest BCUT2D eigenvalue weighted by Crippen LogP contribution is -2.11. The Bertz CT molecular complexity index is 260. The van der Waals surface area contributed by atoms with Crippen molar-refractivity contribution in [3.8, 4) is 0 Å². The molecule has 2 N–H and O–H groups in total. The smallest absolute Gasteiger partial charge is 0.329 e. The quantitative estimate of drug-likeness (QED) is 0.674. The summed E-state index contributed by atoms with van der Waals surface area (Å²) in [5.74, 6) is -0.912. The van der Waals surface area contributed by atoms with Gasteiger partial charge in [0.25, 0.3) is 0 Å². The summed E-state index contributed by atoms with van der Waals surface area (Å²) in [6, 6.07) is 0. The first-order chi connectivity index (χ1) is 6.20. The predicted octanol–water partition coefficient (Wildman–Crippen LogP) is 0.00940. The fourth-order valence-electron chi connectivity index (χ4n) is 0.856. The van der Waals surface area contributed by atoms with E-state index in [1.165, 1.54) is 0 Å². The van der Waals surface area contributed by atoms with Crippen molar-refractivity contribution in [2.24, 2.45) is 0 Å². The van der Waals surface area contributed by atoms with Crippen LogP contribution in [0.25, 0.3) is 0 Å². The van der Waals surface area contributed by atoms with E-state index in [9.17, 15) is 4.79 Å². The van der Waals surface area contributed by atoms with Gasteiger partial charge in [0.2, 0.25) is 0 Å². The molecule has 1 rings (SSSR count). The van der Waals surface area contributed by atoms with Crippen molar-refractivity contribution >= 4 is 5.97 Å². The van der Waals surface area contributed by atoms with Crippen molar-refractivity contribution in [3.63, 3.8) is 0 Å². The topological polar surface area (TPSA) is 88.1 Å². The van der Waals surface area contributed by atoms with E-state index in [0.717, 1.165) is 5.69 Å². The van der Waals surface area contributed by atoms with Gasteiger partial charge in [-0.3, -0.25) is 0 Å². The molecule has 13 heavy (non-hydrogen) atoms. The van der Waals surface area contributed by atoms with Gasteiger partial charge in [-0.05, 0) is 0 Å². The first-order valence-electron chi connectivity index (χ1n) is 3.85. The lowest BCUT2D eigenvalue weighted by molar-refractivity contribution is -0.142. The maximum atomic E-state index is 10.1. The van der Waals surface area contributed by atoms with E-state index in [2.05, 4.69) is 15.4 Å². The van der Waals surface area contributed by atoms with Gasteiger partial charge in [0.1, 0.15) is 6.61 Å². The zero-order chi connectivity index (χ0) is 9.68. The molecule has 0 aromatic carbocycles. The third-order valence-corrected chi connectivity index (χ3v) is 1.53. The number of hydrogen-bond donors (Lipinski definition) is 2. The first kappa shape index (κ1) is 9.66. The van der Waals surface area contributed by atoms with Gasteiger partial charge in [-0.1, -0.05) is 6.92 Å². The standard InChI is InChI=1S/C7H11N3O3/c1-5(3-13-4-7(11)12)6-2-8-10-9-6/h2,5H,3-4H2,1H3,(H,11,12)(H,8,9,10). The Morgan fingerprint density at radius 1 is 1.85 bits per heavy atom. The van der Waals surface area contributed by atoms with Crippen LogP contribution in [-0.2, 0) is 9.53 Å². The molecule has 1 unspecified atom stereocenters. The van der Waals surface area contributed by atoms with Crippen LogP contribution < -0.4 is 0 Å². The third kappa shape index (κ3) is 3.20. The van der Waals surface area contributed by atoms with Crippen LogP contribution in [0.3, 0.4) is 0 Å². The summed E-state index contributed by atoms with van der Waals surface area (Å²) < 4.78 is 4.90. The van der Waals surface area contributed by atoms with E-state index in [1.807, 2.05) is 6.92 Å². The molecule has 0 saturated carbocycles. The van der Waals surface area contributed by atoms with Gasteiger partial charge in [0, 0.05) is 5.92 Å². The fraction of sp³-hybridized carbons (Fsp3) is 0.571. The molecule has 0 fully saturated rings. The minimum atomic E-state index is -0.965. The summed E-state index contributed by atoms with van der Waals surface area (Å²) in [5.41, 5.74) is 0.769. The molecule has 6 heteroatoms. The number of rotatable bonds is 5. The van der Waals surface area contributed by atoms with Gasteiger partial charge < -0.3 is 9.84 Å². The Morgan fingerprint density at radius 2 is 2.62 bits per heavy atom. The number of aliphatic carboxylic acids is 1. The Hall–Kier alpha value is -1.43. The van der Waals surface area contributed by atoms with Crippen LogP contribution >= 0.6 is 0 Å². The van der Waals surface area contributed by atoms with Crippen LogP contribution in [0.15, 0.2) is 6.20 Å². The van der Waals surface area contributed by atoms with Gasteiger partial charge >= 0.3 is 5.97 Å². The number of aromatic amines is 1. The maximum Gasteiger partial charge on any atom is 0.329 e. The highest BCUT2D eigenvalue weighted by molar-refractivity contribution is 5.67. The molecule has 1 aromatic rings. The number of nitrogens with zero attached hydrogens (tertiary/aromatic N) is 2. The molecule has 0 radical (unpaired) electrons. The van der Waals surface area contributed by atoms with Crippen LogP contribution in [0.2, 0.25) is 0 Å². The van der Waals surface area contributed by atoms with E-state index in [1.54, 1.807) is 6.20 Å². The van der Waals surface area contributed by atoms with Gasteiger partial charge in [-0.15, -0.1) is 0 Å². The third-order valence-electron chi connectivity index (χ3n) is 1.53. The summed E-state index contributed by atoms with van der Waals surface area (Å²) >= 11 is 0.